The first kappa shape index (κ1) is 12.8. The average molecular weight is 209 g/mol. The van der Waals surface area contributed by atoms with E-state index < -0.39 is 0 Å². The van der Waals surface area contributed by atoms with Crippen LogP contribution in [0.1, 0.15) is 52.9 Å². The normalized spacial score (nSPS) is 28.1. The molecule has 0 saturated heterocycles. The van der Waals surface area contributed by atoms with E-state index in [-0.39, 0.29) is 0 Å². The second-order valence-electron chi connectivity index (χ2n) is 4.98. The average Bonchev–Trinajstić information content (AvgIpc) is 2.27. The summed E-state index contributed by atoms with van der Waals surface area (Å²) in [6.45, 7) is 9.02. The molecule has 1 N–H and O–H groups in total. The number of hydrogen-bond acceptors (Lipinski definition) is 1. The lowest BCUT2D eigenvalue weighted by Crippen LogP contribution is -2.17. The highest BCUT2D eigenvalue weighted by atomic mass is 14.8. The van der Waals surface area contributed by atoms with Crippen molar-refractivity contribution >= 4 is 0 Å². The van der Waals surface area contributed by atoms with Crippen LogP contribution in [0, 0.1) is 11.8 Å². The van der Waals surface area contributed by atoms with Gasteiger partial charge in [-0.2, -0.15) is 0 Å². The summed E-state index contributed by atoms with van der Waals surface area (Å²) >= 11 is 0. The molecule has 15 heavy (non-hydrogen) atoms. The molecule has 0 bridgehead atoms. The number of allylic oxidation sites excluding steroid dienone is 1. The SMILES string of the molecule is CCNC/C(=C\C1CCC(C)CC1)CC. The minimum absolute atomic E-state index is 0.870. The van der Waals surface area contributed by atoms with Crippen molar-refractivity contribution in [2.75, 3.05) is 13.1 Å². The van der Waals surface area contributed by atoms with E-state index >= 15 is 0 Å². The van der Waals surface area contributed by atoms with Gasteiger partial charge in [-0.1, -0.05) is 45.3 Å². The minimum Gasteiger partial charge on any atom is -0.313 e. The van der Waals surface area contributed by atoms with Crippen LogP contribution in [0.15, 0.2) is 11.6 Å². The Kier molecular flexibility index (Phi) is 6.00. The molecule has 0 aromatic carbocycles. The molecule has 0 atom stereocenters. The van der Waals surface area contributed by atoms with Crippen LogP contribution in [0.2, 0.25) is 0 Å². The zero-order valence-corrected chi connectivity index (χ0v) is 10.7. The van der Waals surface area contributed by atoms with E-state index in [1.807, 2.05) is 0 Å². The van der Waals surface area contributed by atoms with Crippen molar-refractivity contribution in [2.45, 2.75) is 52.9 Å². The second-order valence-corrected chi connectivity index (χ2v) is 4.98. The molecule has 0 amide bonds. The molecule has 1 aliphatic carbocycles. The monoisotopic (exact) mass is 209 g/mol. The van der Waals surface area contributed by atoms with Crippen LogP contribution in [0.4, 0.5) is 0 Å². The number of rotatable bonds is 5. The molecule has 0 heterocycles. The van der Waals surface area contributed by atoms with Gasteiger partial charge in [-0.05, 0) is 37.6 Å². The quantitative estimate of drug-likeness (QED) is 0.680. The molecule has 1 saturated carbocycles. The van der Waals surface area contributed by atoms with E-state index in [4.69, 9.17) is 0 Å². The zero-order valence-electron chi connectivity index (χ0n) is 10.7. The predicted molar refractivity (Wildman–Crippen MR) is 68.0 cm³/mol. The Labute approximate surface area is 95.3 Å². The van der Waals surface area contributed by atoms with E-state index in [9.17, 15) is 0 Å². The van der Waals surface area contributed by atoms with Crippen molar-refractivity contribution in [2.24, 2.45) is 11.8 Å². The molecule has 0 spiro atoms. The smallest absolute Gasteiger partial charge is 0.0164 e. The van der Waals surface area contributed by atoms with Crippen LogP contribution >= 0.6 is 0 Å². The van der Waals surface area contributed by atoms with Crippen LogP contribution < -0.4 is 5.32 Å². The van der Waals surface area contributed by atoms with Crippen LogP contribution in [-0.4, -0.2) is 13.1 Å². The topological polar surface area (TPSA) is 12.0 Å². The van der Waals surface area contributed by atoms with Gasteiger partial charge in [0.25, 0.3) is 0 Å². The highest BCUT2D eigenvalue weighted by molar-refractivity contribution is 5.06. The van der Waals surface area contributed by atoms with Gasteiger partial charge in [0.15, 0.2) is 0 Å². The van der Waals surface area contributed by atoms with Crippen molar-refractivity contribution < 1.29 is 0 Å². The van der Waals surface area contributed by atoms with Crippen molar-refractivity contribution in [1.29, 1.82) is 0 Å². The van der Waals surface area contributed by atoms with Crippen molar-refractivity contribution in [3.63, 3.8) is 0 Å². The molecule has 1 rings (SSSR count). The summed E-state index contributed by atoms with van der Waals surface area (Å²) in [5.74, 6) is 1.84. The molecule has 0 aliphatic heterocycles. The second kappa shape index (κ2) is 7.05. The van der Waals surface area contributed by atoms with Gasteiger partial charge in [-0.3, -0.25) is 0 Å². The third-order valence-corrected chi connectivity index (χ3v) is 3.59. The lowest BCUT2D eigenvalue weighted by molar-refractivity contribution is 0.329. The Morgan fingerprint density at radius 1 is 1.20 bits per heavy atom. The van der Waals surface area contributed by atoms with Crippen LogP contribution in [-0.2, 0) is 0 Å². The molecule has 1 heteroatoms. The maximum Gasteiger partial charge on any atom is 0.0164 e. The first-order valence-electron chi connectivity index (χ1n) is 6.66. The van der Waals surface area contributed by atoms with Gasteiger partial charge in [0.05, 0.1) is 0 Å². The minimum atomic E-state index is 0.870. The fourth-order valence-electron chi connectivity index (χ4n) is 2.37. The largest absolute Gasteiger partial charge is 0.313 e. The first-order chi connectivity index (χ1) is 7.26. The Hall–Kier alpha value is -0.300. The van der Waals surface area contributed by atoms with Gasteiger partial charge in [0.2, 0.25) is 0 Å². The summed E-state index contributed by atoms with van der Waals surface area (Å²) in [6, 6.07) is 0. The summed E-state index contributed by atoms with van der Waals surface area (Å²) < 4.78 is 0. The number of hydrogen-bond donors (Lipinski definition) is 1. The summed E-state index contributed by atoms with van der Waals surface area (Å²) in [6.07, 6.45) is 9.44. The van der Waals surface area contributed by atoms with E-state index in [2.05, 4.69) is 32.2 Å². The highest BCUT2D eigenvalue weighted by Gasteiger charge is 2.16. The Bertz CT molecular complexity index is 188. The summed E-state index contributed by atoms with van der Waals surface area (Å²) in [5, 5.41) is 3.43. The van der Waals surface area contributed by atoms with E-state index in [0.717, 1.165) is 24.9 Å². The van der Waals surface area contributed by atoms with E-state index in [1.54, 1.807) is 5.57 Å². The summed E-state index contributed by atoms with van der Waals surface area (Å²) in [5.41, 5.74) is 1.61. The lowest BCUT2D eigenvalue weighted by atomic mass is 9.82. The van der Waals surface area contributed by atoms with Gasteiger partial charge in [-0.15, -0.1) is 0 Å². The van der Waals surface area contributed by atoms with Crippen LogP contribution in [0.25, 0.3) is 0 Å². The van der Waals surface area contributed by atoms with Gasteiger partial charge < -0.3 is 5.32 Å². The van der Waals surface area contributed by atoms with Crippen molar-refractivity contribution in [3.05, 3.63) is 11.6 Å². The van der Waals surface area contributed by atoms with Gasteiger partial charge >= 0.3 is 0 Å². The van der Waals surface area contributed by atoms with Crippen LogP contribution in [0.3, 0.4) is 0 Å². The maximum atomic E-state index is 3.43. The molecule has 0 aromatic heterocycles. The van der Waals surface area contributed by atoms with Gasteiger partial charge in [0, 0.05) is 6.54 Å². The Morgan fingerprint density at radius 2 is 1.87 bits per heavy atom. The maximum absolute atomic E-state index is 3.43. The molecule has 1 aliphatic rings. The predicted octanol–water partition coefficient (Wildman–Crippen LogP) is 3.76. The fourth-order valence-corrected chi connectivity index (χ4v) is 2.37. The standard InChI is InChI=1S/C14H27N/c1-4-13(11-15-5-2)10-14-8-6-12(3)7-9-14/h10,12,14-15H,4-9,11H2,1-3H3/b13-10-. The molecule has 1 fully saturated rings. The van der Waals surface area contributed by atoms with Crippen molar-refractivity contribution in [1.82, 2.24) is 5.32 Å². The van der Waals surface area contributed by atoms with Gasteiger partial charge in [-0.25, -0.2) is 0 Å². The first-order valence-corrected chi connectivity index (χ1v) is 6.66. The van der Waals surface area contributed by atoms with Crippen molar-refractivity contribution in [3.8, 4) is 0 Å². The van der Waals surface area contributed by atoms with E-state index in [0.29, 0.717) is 0 Å². The lowest BCUT2D eigenvalue weighted by Gasteiger charge is -2.24. The van der Waals surface area contributed by atoms with Gasteiger partial charge in [0.1, 0.15) is 0 Å². The number of likely N-dealkylation sites (N-methyl/N-ethyl adjacent to an activating group) is 1. The van der Waals surface area contributed by atoms with E-state index in [1.165, 1.54) is 32.1 Å². The third-order valence-electron chi connectivity index (χ3n) is 3.59. The summed E-state index contributed by atoms with van der Waals surface area (Å²) in [7, 11) is 0. The Balaban J connectivity index is 2.37. The molecular formula is C14H27N. The number of nitrogens with one attached hydrogen (secondary N) is 1. The molecule has 0 unspecified atom stereocenters. The third kappa shape index (κ3) is 4.83. The molecule has 0 radical (unpaired) electrons. The fraction of sp³-hybridized carbons (Fsp3) is 0.857. The molecular weight excluding hydrogens is 182 g/mol. The highest BCUT2D eigenvalue weighted by Crippen LogP contribution is 2.29. The molecule has 1 nitrogen and oxygen atoms in total. The zero-order chi connectivity index (χ0) is 11.1. The molecule has 88 valence electrons. The Morgan fingerprint density at radius 3 is 2.40 bits per heavy atom. The molecule has 0 aromatic rings. The van der Waals surface area contributed by atoms with Crippen LogP contribution in [0.5, 0.6) is 0 Å². The summed E-state index contributed by atoms with van der Waals surface area (Å²) in [4.78, 5) is 0.